The average Bonchev–Trinajstić information content (AvgIpc) is 2.38. The van der Waals surface area contributed by atoms with Crippen LogP contribution >= 0.6 is 0 Å². The third kappa shape index (κ3) is 1.80. The summed E-state index contributed by atoms with van der Waals surface area (Å²) in [4.78, 5) is 4.26. The van der Waals surface area contributed by atoms with Crippen molar-refractivity contribution >= 4 is 0 Å². The van der Waals surface area contributed by atoms with Crippen LogP contribution in [0.2, 0.25) is 0 Å². The molecule has 0 saturated carbocycles. The molecule has 70 valence electrons. The maximum absolute atomic E-state index is 5.78. The molecule has 1 unspecified atom stereocenters. The van der Waals surface area contributed by atoms with Crippen LogP contribution in [0.15, 0.2) is 18.3 Å². The number of nitrogens with one attached hydrogen (secondary N) is 1. The highest BCUT2D eigenvalue weighted by Crippen LogP contribution is 2.19. The van der Waals surface area contributed by atoms with Gasteiger partial charge in [0, 0.05) is 19.3 Å². The molecule has 3 heteroatoms. The van der Waals surface area contributed by atoms with Gasteiger partial charge in [0.1, 0.15) is 11.9 Å². The molecule has 0 aliphatic carbocycles. The van der Waals surface area contributed by atoms with Crippen molar-refractivity contribution in [3.8, 4) is 5.75 Å². The van der Waals surface area contributed by atoms with Gasteiger partial charge in [-0.25, -0.2) is 0 Å². The van der Waals surface area contributed by atoms with Crippen LogP contribution < -0.4 is 10.1 Å². The standard InChI is InChI=1S/C10H14N2O/c1-2-8-6-11-7-9-10(13-8)4-3-5-12-9/h3-5,8,11H,2,6-7H2,1H3. The average molecular weight is 178 g/mol. The number of pyridine rings is 1. The molecule has 1 aliphatic rings. The predicted octanol–water partition coefficient (Wildman–Crippen LogP) is 1.34. The molecule has 1 atom stereocenters. The SMILES string of the molecule is CCC1CNCc2ncccc2O1. The molecular weight excluding hydrogens is 164 g/mol. The fourth-order valence-electron chi connectivity index (χ4n) is 1.46. The molecule has 2 heterocycles. The Morgan fingerprint density at radius 3 is 3.46 bits per heavy atom. The zero-order chi connectivity index (χ0) is 9.10. The lowest BCUT2D eigenvalue weighted by atomic mass is 10.3. The molecule has 3 nitrogen and oxygen atoms in total. The van der Waals surface area contributed by atoms with Gasteiger partial charge in [0.15, 0.2) is 0 Å². The fraction of sp³-hybridized carbons (Fsp3) is 0.500. The van der Waals surface area contributed by atoms with Crippen molar-refractivity contribution in [1.82, 2.24) is 10.3 Å². The topological polar surface area (TPSA) is 34.2 Å². The Kier molecular flexibility index (Phi) is 2.45. The van der Waals surface area contributed by atoms with E-state index < -0.39 is 0 Å². The van der Waals surface area contributed by atoms with Crippen LogP contribution in [0.1, 0.15) is 19.0 Å². The van der Waals surface area contributed by atoms with Crippen molar-refractivity contribution in [3.05, 3.63) is 24.0 Å². The molecule has 0 saturated heterocycles. The first kappa shape index (κ1) is 8.51. The molecule has 13 heavy (non-hydrogen) atoms. The van der Waals surface area contributed by atoms with Crippen molar-refractivity contribution in [2.24, 2.45) is 0 Å². The summed E-state index contributed by atoms with van der Waals surface area (Å²) in [5, 5.41) is 3.32. The number of ether oxygens (including phenoxy) is 1. The number of hydrogen-bond acceptors (Lipinski definition) is 3. The Bertz CT molecular complexity index is 288. The molecule has 0 amide bonds. The Morgan fingerprint density at radius 2 is 2.62 bits per heavy atom. The van der Waals surface area contributed by atoms with E-state index in [4.69, 9.17) is 4.74 Å². The highest BCUT2D eigenvalue weighted by atomic mass is 16.5. The van der Waals surface area contributed by atoms with Crippen LogP contribution in [-0.2, 0) is 6.54 Å². The van der Waals surface area contributed by atoms with E-state index in [0.717, 1.165) is 31.0 Å². The fourth-order valence-corrected chi connectivity index (χ4v) is 1.46. The van der Waals surface area contributed by atoms with Crippen molar-refractivity contribution in [2.45, 2.75) is 26.0 Å². The molecule has 1 aromatic heterocycles. The number of aromatic nitrogens is 1. The minimum atomic E-state index is 0.283. The van der Waals surface area contributed by atoms with Crippen LogP contribution in [0.5, 0.6) is 5.75 Å². The summed E-state index contributed by atoms with van der Waals surface area (Å²) in [6.45, 7) is 3.85. The van der Waals surface area contributed by atoms with E-state index in [0.29, 0.717) is 0 Å². The normalized spacial score (nSPS) is 21.5. The van der Waals surface area contributed by atoms with E-state index in [-0.39, 0.29) is 6.10 Å². The lowest BCUT2D eigenvalue weighted by Gasteiger charge is -2.14. The Morgan fingerprint density at radius 1 is 1.69 bits per heavy atom. The number of nitrogens with zero attached hydrogens (tertiary/aromatic N) is 1. The number of hydrogen-bond donors (Lipinski definition) is 1. The summed E-state index contributed by atoms with van der Waals surface area (Å²) in [5.74, 6) is 0.930. The second-order valence-electron chi connectivity index (χ2n) is 3.23. The first-order valence-corrected chi connectivity index (χ1v) is 4.71. The first-order chi connectivity index (χ1) is 6.40. The van der Waals surface area contributed by atoms with E-state index >= 15 is 0 Å². The molecule has 1 N–H and O–H groups in total. The lowest BCUT2D eigenvalue weighted by molar-refractivity contribution is 0.201. The maximum atomic E-state index is 5.78. The van der Waals surface area contributed by atoms with Gasteiger partial charge >= 0.3 is 0 Å². The van der Waals surface area contributed by atoms with E-state index in [1.165, 1.54) is 0 Å². The molecule has 1 aliphatic heterocycles. The highest BCUT2D eigenvalue weighted by Gasteiger charge is 2.15. The summed E-state index contributed by atoms with van der Waals surface area (Å²) in [6.07, 6.45) is 3.11. The summed E-state index contributed by atoms with van der Waals surface area (Å²) in [5.41, 5.74) is 1.01. The third-order valence-corrected chi connectivity index (χ3v) is 2.26. The van der Waals surface area contributed by atoms with Gasteiger partial charge in [-0.05, 0) is 18.6 Å². The smallest absolute Gasteiger partial charge is 0.142 e. The second kappa shape index (κ2) is 3.75. The number of rotatable bonds is 1. The minimum Gasteiger partial charge on any atom is -0.487 e. The molecule has 2 rings (SSSR count). The van der Waals surface area contributed by atoms with Crippen molar-refractivity contribution in [3.63, 3.8) is 0 Å². The van der Waals surface area contributed by atoms with Gasteiger partial charge < -0.3 is 10.1 Å². The van der Waals surface area contributed by atoms with E-state index in [2.05, 4.69) is 17.2 Å². The molecular formula is C10H14N2O. The largest absolute Gasteiger partial charge is 0.487 e. The van der Waals surface area contributed by atoms with Gasteiger partial charge in [-0.15, -0.1) is 0 Å². The summed E-state index contributed by atoms with van der Waals surface area (Å²) in [7, 11) is 0. The van der Waals surface area contributed by atoms with E-state index in [9.17, 15) is 0 Å². The van der Waals surface area contributed by atoms with Gasteiger partial charge in [-0.2, -0.15) is 0 Å². The Hall–Kier alpha value is -1.09. The van der Waals surface area contributed by atoms with Gasteiger partial charge in [0.2, 0.25) is 0 Å². The molecule has 0 bridgehead atoms. The van der Waals surface area contributed by atoms with Crippen LogP contribution in [0.3, 0.4) is 0 Å². The molecule has 1 aromatic rings. The predicted molar refractivity (Wildman–Crippen MR) is 50.7 cm³/mol. The van der Waals surface area contributed by atoms with Gasteiger partial charge in [-0.3, -0.25) is 4.98 Å². The van der Waals surface area contributed by atoms with Crippen LogP contribution in [0.4, 0.5) is 0 Å². The highest BCUT2D eigenvalue weighted by molar-refractivity contribution is 5.27. The Labute approximate surface area is 78.1 Å². The zero-order valence-corrected chi connectivity index (χ0v) is 7.79. The quantitative estimate of drug-likeness (QED) is 0.704. The summed E-state index contributed by atoms with van der Waals surface area (Å²) >= 11 is 0. The summed E-state index contributed by atoms with van der Waals surface area (Å²) in [6, 6.07) is 3.90. The van der Waals surface area contributed by atoms with Crippen LogP contribution in [0.25, 0.3) is 0 Å². The molecule has 0 aromatic carbocycles. The van der Waals surface area contributed by atoms with Gasteiger partial charge in [-0.1, -0.05) is 6.92 Å². The van der Waals surface area contributed by atoms with Crippen molar-refractivity contribution in [2.75, 3.05) is 6.54 Å². The molecule has 0 fully saturated rings. The summed E-state index contributed by atoms with van der Waals surface area (Å²) < 4.78 is 5.78. The minimum absolute atomic E-state index is 0.283. The monoisotopic (exact) mass is 178 g/mol. The van der Waals surface area contributed by atoms with E-state index in [1.54, 1.807) is 6.20 Å². The molecule has 0 spiro atoms. The lowest BCUT2D eigenvalue weighted by Crippen LogP contribution is -2.27. The van der Waals surface area contributed by atoms with Gasteiger partial charge in [0.05, 0.1) is 5.69 Å². The number of fused-ring (bicyclic) bond motifs is 1. The second-order valence-corrected chi connectivity index (χ2v) is 3.23. The first-order valence-electron chi connectivity index (χ1n) is 4.71. The molecule has 0 radical (unpaired) electrons. The Balaban J connectivity index is 2.23. The van der Waals surface area contributed by atoms with Crippen molar-refractivity contribution < 1.29 is 4.74 Å². The van der Waals surface area contributed by atoms with E-state index in [1.807, 2.05) is 12.1 Å². The zero-order valence-electron chi connectivity index (χ0n) is 7.79. The van der Waals surface area contributed by atoms with Crippen molar-refractivity contribution in [1.29, 1.82) is 0 Å². The van der Waals surface area contributed by atoms with Gasteiger partial charge in [0.25, 0.3) is 0 Å². The van der Waals surface area contributed by atoms with Crippen LogP contribution in [0, 0.1) is 0 Å². The third-order valence-electron chi connectivity index (χ3n) is 2.26. The maximum Gasteiger partial charge on any atom is 0.142 e. The van der Waals surface area contributed by atoms with Crippen LogP contribution in [-0.4, -0.2) is 17.6 Å².